The van der Waals surface area contributed by atoms with Gasteiger partial charge in [-0.25, -0.2) is 17.2 Å². The fourth-order valence-corrected chi connectivity index (χ4v) is 3.40. The highest BCUT2D eigenvalue weighted by Crippen LogP contribution is 2.19. The van der Waals surface area contributed by atoms with Crippen LogP contribution in [-0.2, 0) is 10.0 Å². The van der Waals surface area contributed by atoms with E-state index in [0.29, 0.717) is 0 Å². The molecule has 0 saturated heterocycles. The fourth-order valence-electron chi connectivity index (χ4n) is 2.29. The van der Waals surface area contributed by atoms with Gasteiger partial charge in [0.1, 0.15) is 11.6 Å². The lowest BCUT2D eigenvalue weighted by atomic mass is 10.2. The van der Waals surface area contributed by atoms with E-state index in [4.69, 9.17) is 0 Å². The summed E-state index contributed by atoms with van der Waals surface area (Å²) in [6, 6.07) is 15.7. The molecule has 0 radical (unpaired) electrons. The Balaban J connectivity index is 1.83. The van der Waals surface area contributed by atoms with Crippen molar-refractivity contribution in [2.24, 2.45) is 0 Å². The number of halogens is 2. The van der Waals surface area contributed by atoms with Crippen LogP contribution in [0.15, 0.2) is 77.7 Å². The minimum Gasteiger partial charge on any atom is -0.319 e. The van der Waals surface area contributed by atoms with Crippen molar-refractivity contribution < 1.29 is 22.0 Å². The van der Waals surface area contributed by atoms with Crippen LogP contribution >= 0.6 is 0 Å². The minimum atomic E-state index is -3.99. The van der Waals surface area contributed by atoms with Crippen molar-refractivity contribution in [2.45, 2.75) is 4.90 Å². The largest absolute Gasteiger partial charge is 0.319 e. The quantitative estimate of drug-likeness (QED) is 0.693. The number of nitrogens with one attached hydrogen (secondary N) is 2. The fraction of sp³-hybridized carbons (Fsp3) is 0. The summed E-state index contributed by atoms with van der Waals surface area (Å²) in [5.41, 5.74) is 0.207. The van der Waals surface area contributed by atoms with E-state index in [1.807, 2.05) is 0 Å². The number of para-hydroxylation sites is 1. The van der Waals surface area contributed by atoms with E-state index in [0.717, 1.165) is 12.1 Å². The maximum absolute atomic E-state index is 13.7. The molecule has 138 valence electrons. The molecule has 0 fully saturated rings. The first kappa shape index (κ1) is 18.5. The Bertz CT molecular complexity index is 1080. The molecule has 0 aliphatic rings. The number of carbonyl (C=O) groups is 1. The van der Waals surface area contributed by atoms with Crippen LogP contribution < -0.4 is 10.0 Å². The van der Waals surface area contributed by atoms with Gasteiger partial charge >= 0.3 is 0 Å². The van der Waals surface area contributed by atoms with Gasteiger partial charge in [-0.3, -0.25) is 9.52 Å². The Kier molecular flexibility index (Phi) is 5.18. The molecule has 2 N–H and O–H groups in total. The lowest BCUT2D eigenvalue weighted by molar-refractivity contribution is 0.102. The predicted octanol–water partition coefficient (Wildman–Crippen LogP) is 4.02. The highest BCUT2D eigenvalue weighted by Gasteiger charge is 2.17. The topological polar surface area (TPSA) is 75.3 Å². The molecule has 0 saturated carbocycles. The first-order valence-electron chi connectivity index (χ1n) is 7.79. The van der Waals surface area contributed by atoms with E-state index in [1.165, 1.54) is 54.6 Å². The number of benzene rings is 3. The third-order valence-corrected chi connectivity index (χ3v) is 5.00. The van der Waals surface area contributed by atoms with E-state index in [9.17, 15) is 22.0 Å². The molecule has 0 bridgehead atoms. The summed E-state index contributed by atoms with van der Waals surface area (Å²) in [6.45, 7) is 0. The van der Waals surface area contributed by atoms with Gasteiger partial charge < -0.3 is 5.32 Å². The molecule has 3 aromatic rings. The molecule has 0 heterocycles. The average Bonchev–Trinajstić information content (AvgIpc) is 2.65. The number of carbonyl (C=O) groups excluding carboxylic acids is 1. The van der Waals surface area contributed by atoms with Crippen LogP contribution in [0.4, 0.5) is 20.2 Å². The van der Waals surface area contributed by atoms with Crippen LogP contribution in [0.25, 0.3) is 0 Å². The Labute approximate surface area is 154 Å². The zero-order valence-corrected chi connectivity index (χ0v) is 14.6. The highest BCUT2D eigenvalue weighted by molar-refractivity contribution is 7.92. The number of hydrogen-bond acceptors (Lipinski definition) is 3. The maximum Gasteiger partial charge on any atom is 0.261 e. The van der Waals surface area contributed by atoms with Crippen molar-refractivity contribution >= 4 is 27.3 Å². The van der Waals surface area contributed by atoms with Gasteiger partial charge in [0.15, 0.2) is 0 Å². The lowest BCUT2D eigenvalue weighted by Gasteiger charge is -2.10. The zero-order valence-electron chi connectivity index (χ0n) is 13.8. The molecule has 8 heteroatoms. The van der Waals surface area contributed by atoms with Gasteiger partial charge in [0.25, 0.3) is 15.9 Å². The molecule has 1 amide bonds. The van der Waals surface area contributed by atoms with Crippen molar-refractivity contribution in [3.05, 3.63) is 90.0 Å². The molecule has 3 rings (SSSR count). The number of sulfonamides is 1. The Morgan fingerprint density at radius 2 is 1.56 bits per heavy atom. The van der Waals surface area contributed by atoms with Crippen molar-refractivity contribution in [2.75, 3.05) is 10.0 Å². The third kappa shape index (κ3) is 4.48. The predicted molar refractivity (Wildman–Crippen MR) is 98.0 cm³/mol. The van der Waals surface area contributed by atoms with Crippen LogP contribution in [0.3, 0.4) is 0 Å². The molecule has 3 aromatic carbocycles. The van der Waals surface area contributed by atoms with Crippen molar-refractivity contribution in [1.82, 2.24) is 0 Å². The molecule has 27 heavy (non-hydrogen) atoms. The Morgan fingerprint density at radius 1 is 0.852 bits per heavy atom. The summed E-state index contributed by atoms with van der Waals surface area (Å²) in [4.78, 5) is 12.1. The van der Waals surface area contributed by atoms with Crippen molar-refractivity contribution in [3.8, 4) is 0 Å². The maximum atomic E-state index is 13.7. The van der Waals surface area contributed by atoms with Gasteiger partial charge in [-0.05, 0) is 54.6 Å². The molecular weight excluding hydrogens is 374 g/mol. The van der Waals surface area contributed by atoms with E-state index >= 15 is 0 Å². The molecule has 0 aliphatic heterocycles. The van der Waals surface area contributed by atoms with E-state index in [-0.39, 0.29) is 21.8 Å². The summed E-state index contributed by atoms with van der Waals surface area (Å²) in [5, 5.41) is 2.39. The second kappa shape index (κ2) is 7.55. The molecular formula is C19H14F2N2O3S. The van der Waals surface area contributed by atoms with Crippen LogP contribution in [-0.4, -0.2) is 14.3 Å². The standard InChI is InChI=1S/C19H14F2N2O3S/c20-14-8-10-15(11-9-14)23-27(25,26)16-5-3-4-13(12-16)19(24)22-18-7-2-1-6-17(18)21/h1-12,23H,(H,22,24). The third-order valence-electron chi connectivity index (χ3n) is 3.63. The molecule has 0 unspecified atom stereocenters. The summed E-state index contributed by atoms with van der Waals surface area (Å²) < 4.78 is 53.9. The summed E-state index contributed by atoms with van der Waals surface area (Å²) >= 11 is 0. The smallest absolute Gasteiger partial charge is 0.261 e. The van der Waals surface area contributed by atoms with E-state index < -0.39 is 27.6 Å². The van der Waals surface area contributed by atoms with Crippen LogP contribution in [0.1, 0.15) is 10.4 Å². The normalized spacial score (nSPS) is 11.0. The number of anilines is 2. The van der Waals surface area contributed by atoms with Crippen LogP contribution in [0, 0.1) is 11.6 Å². The minimum absolute atomic E-state index is 0.0137. The second-order valence-corrected chi connectivity index (χ2v) is 7.26. The van der Waals surface area contributed by atoms with Gasteiger partial charge in [0, 0.05) is 11.3 Å². The highest BCUT2D eigenvalue weighted by atomic mass is 32.2. The van der Waals surface area contributed by atoms with E-state index in [1.54, 1.807) is 6.07 Å². The molecule has 0 aliphatic carbocycles. The van der Waals surface area contributed by atoms with Gasteiger partial charge in [0.05, 0.1) is 10.6 Å². The SMILES string of the molecule is O=C(Nc1ccccc1F)c1cccc(S(=O)(=O)Nc2ccc(F)cc2)c1. The van der Waals surface area contributed by atoms with Crippen molar-refractivity contribution in [3.63, 3.8) is 0 Å². The molecule has 0 aromatic heterocycles. The average molecular weight is 388 g/mol. The van der Waals surface area contributed by atoms with Crippen LogP contribution in [0.5, 0.6) is 0 Å². The van der Waals surface area contributed by atoms with Gasteiger partial charge in [-0.2, -0.15) is 0 Å². The Hall–Kier alpha value is -3.26. The molecule has 0 spiro atoms. The molecule has 5 nitrogen and oxygen atoms in total. The van der Waals surface area contributed by atoms with Gasteiger partial charge in [-0.15, -0.1) is 0 Å². The molecule has 0 atom stereocenters. The number of hydrogen-bond donors (Lipinski definition) is 2. The summed E-state index contributed by atoms with van der Waals surface area (Å²) in [7, 11) is -3.99. The van der Waals surface area contributed by atoms with Gasteiger partial charge in [-0.1, -0.05) is 18.2 Å². The summed E-state index contributed by atoms with van der Waals surface area (Å²) in [5.74, 6) is -1.75. The van der Waals surface area contributed by atoms with Gasteiger partial charge in [0.2, 0.25) is 0 Å². The summed E-state index contributed by atoms with van der Waals surface area (Å²) in [6.07, 6.45) is 0. The lowest BCUT2D eigenvalue weighted by Crippen LogP contribution is -2.16. The van der Waals surface area contributed by atoms with Crippen molar-refractivity contribution in [1.29, 1.82) is 0 Å². The zero-order chi connectivity index (χ0) is 19.4. The first-order valence-corrected chi connectivity index (χ1v) is 9.28. The number of amides is 1. The monoisotopic (exact) mass is 388 g/mol. The Morgan fingerprint density at radius 3 is 2.26 bits per heavy atom. The second-order valence-electron chi connectivity index (χ2n) is 5.57. The number of rotatable bonds is 5. The van der Waals surface area contributed by atoms with E-state index in [2.05, 4.69) is 10.0 Å². The first-order chi connectivity index (χ1) is 12.8. The van der Waals surface area contributed by atoms with Crippen LogP contribution in [0.2, 0.25) is 0 Å².